The highest BCUT2D eigenvalue weighted by molar-refractivity contribution is 6.10. The molecule has 0 aromatic heterocycles. The van der Waals surface area contributed by atoms with Gasteiger partial charge in [-0.25, -0.2) is 0 Å². The lowest BCUT2D eigenvalue weighted by atomic mass is 10.1. The number of hydrogen-bond donors (Lipinski definition) is 1. The first-order valence-electron chi connectivity index (χ1n) is 7.47. The average Bonchev–Trinajstić information content (AvgIpc) is 2.60. The van der Waals surface area contributed by atoms with Gasteiger partial charge in [-0.2, -0.15) is 5.26 Å². The number of amides is 1. The van der Waals surface area contributed by atoms with Crippen LogP contribution in [0.3, 0.4) is 0 Å². The average molecular weight is 318 g/mol. The van der Waals surface area contributed by atoms with Gasteiger partial charge >= 0.3 is 0 Å². The van der Waals surface area contributed by atoms with E-state index in [1.54, 1.807) is 24.3 Å². The van der Waals surface area contributed by atoms with Gasteiger partial charge in [-0.1, -0.05) is 49.1 Å². The number of ether oxygens (including phenoxy) is 1. The van der Waals surface area contributed by atoms with Gasteiger partial charge in [0.25, 0.3) is 5.91 Å². The molecule has 2 aromatic rings. The maximum atomic E-state index is 12.4. The second-order valence-electron chi connectivity index (χ2n) is 5.08. The van der Waals surface area contributed by atoms with Crippen LogP contribution < -0.4 is 10.1 Å². The van der Waals surface area contributed by atoms with E-state index in [2.05, 4.69) is 11.9 Å². The minimum atomic E-state index is -0.453. The molecular formula is C20H18N2O2. The number of nitrogens with zero attached hydrogens (tertiary/aromatic N) is 1. The number of anilines is 1. The number of rotatable bonds is 6. The van der Waals surface area contributed by atoms with E-state index in [4.69, 9.17) is 4.74 Å². The first-order valence-corrected chi connectivity index (χ1v) is 7.47. The van der Waals surface area contributed by atoms with Gasteiger partial charge in [0.05, 0.1) is 0 Å². The molecule has 1 amide bonds. The SMILES string of the molecule is C=CCOc1ccccc1/C=C(/C#N)C(=O)Nc1ccccc1C. The summed E-state index contributed by atoms with van der Waals surface area (Å²) >= 11 is 0. The molecule has 0 saturated carbocycles. The van der Waals surface area contributed by atoms with Gasteiger partial charge in [-0.15, -0.1) is 0 Å². The van der Waals surface area contributed by atoms with E-state index in [0.717, 1.165) is 5.56 Å². The van der Waals surface area contributed by atoms with Crippen molar-refractivity contribution < 1.29 is 9.53 Å². The summed E-state index contributed by atoms with van der Waals surface area (Å²) < 4.78 is 5.55. The Kier molecular flexibility index (Phi) is 5.93. The number of para-hydroxylation sites is 2. The van der Waals surface area contributed by atoms with Crippen LogP contribution in [0.15, 0.2) is 66.8 Å². The van der Waals surface area contributed by atoms with Gasteiger partial charge in [-0.05, 0) is 30.7 Å². The summed E-state index contributed by atoms with van der Waals surface area (Å²) in [5.74, 6) is 0.138. The van der Waals surface area contributed by atoms with Gasteiger partial charge < -0.3 is 10.1 Å². The minimum Gasteiger partial charge on any atom is -0.489 e. The Morgan fingerprint density at radius 3 is 2.67 bits per heavy atom. The largest absolute Gasteiger partial charge is 0.489 e. The van der Waals surface area contributed by atoms with Crippen molar-refractivity contribution in [3.05, 3.63) is 77.9 Å². The molecule has 0 unspecified atom stereocenters. The molecule has 4 nitrogen and oxygen atoms in total. The van der Waals surface area contributed by atoms with E-state index in [0.29, 0.717) is 23.6 Å². The molecule has 0 aliphatic heterocycles. The predicted molar refractivity (Wildman–Crippen MR) is 95.5 cm³/mol. The molecule has 0 fully saturated rings. The number of hydrogen-bond acceptors (Lipinski definition) is 3. The number of nitrogens with one attached hydrogen (secondary N) is 1. The first-order chi connectivity index (χ1) is 11.7. The van der Waals surface area contributed by atoms with E-state index in [-0.39, 0.29) is 5.57 Å². The Morgan fingerprint density at radius 1 is 1.25 bits per heavy atom. The van der Waals surface area contributed by atoms with Crippen molar-refractivity contribution in [1.29, 1.82) is 5.26 Å². The maximum Gasteiger partial charge on any atom is 0.266 e. The van der Waals surface area contributed by atoms with Crippen LogP contribution >= 0.6 is 0 Å². The second-order valence-corrected chi connectivity index (χ2v) is 5.08. The van der Waals surface area contributed by atoms with Crippen molar-refractivity contribution in [3.8, 4) is 11.8 Å². The number of carbonyl (C=O) groups is 1. The van der Waals surface area contributed by atoms with E-state index in [1.807, 2.05) is 43.3 Å². The molecule has 0 radical (unpaired) electrons. The van der Waals surface area contributed by atoms with Crippen molar-refractivity contribution >= 4 is 17.7 Å². The zero-order valence-electron chi connectivity index (χ0n) is 13.5. The summed E-state index contributed by atoms with van der Waals surface area (Å²) in [5, 5.41) is 12.1. The number of carbonyl (C=O) groups excluding carboxylic acids is 1. The molecule has 24 heavy (non-hydrogen) atoms. The lowest BCUT2D eigenvalue weighted by Crippen LogP contribution is -2.14. The van der Waals surface area contributed by atoms with Gasteiger partial charge in [0.15, 0.2) is 0 Å². The molecular weight excluding hydrogens is 300 g/mol. The molecule has 4 heteroatoms. The smallest absolute Gasteiger partial charge is 0.266 e. The normalized spacial score (nSPS) is 10.6. The molecule has 120 valence electrons. The minimum absolute atomic E-state index is 0.00732. The Labute approximate surface area is 141 Å². The van der Waals surface area contributed by atoms with Crippen LogP contribution in [0.1, 0.15) is 11.1 Å². The van der Waals surface area contributed by atoms with Crippen molar-refractivity contribution in [2.75, 3.05) is 11.9 Å². The topological polar surface area (TPSA) is 62.1 Å². The Bertz CT molecular complexity index is 816. The highest BCUT2D eigenvalue weighted by Gasteiger charge is 2.12. The van der Waals surface area contributed by atoms with E-state index < -0.39 is 5.91 Å². The number of benzene rings is 2. The molecule has 0 spiro atoms. The highest BCUT2D eigenvalue weighted by atomic mass is 16.5. The number of nitriles is 1. The Hall–Kier alpha value is -3.32. The molecule has 0 atom stereocenters. The van der Waals surface area contributed by atoms with Gasteiger partial charge in [0.2, 0.25) is 0 Å². The molecule has 0 aliphatic rings. The Balaban J connectivity index is 2.26. The second kappa shape index (κ2) is 8.35. The van der Waals surface area contributed by atoms with Crippen LogP contribution in [0, 0.1) is 18.3 Å². The zero-order valence-corrected chi connectivity index (χ0v) is 13.5. The molecule has 2 rings (SSSR count). The molecule has 0 aliphatic carbocycles. The molecule has 2 aromatic carbocycles. The van der Waals surface area contributed by atoms with E-state index in [9.17, 15) is 10.1 Å². The van der Waals surface area contributed by atoms with Crippen LogP contribution in [-0.2, 0) is 4.79 Å². The molecule has 0 heterocycles. The third kappa shape index (κ3) is 4.34. The fourth-order valence-electron chi connectivity index (χ4n) is 2.09. The lowest BCUT2D eigenvalue weighted by molar-refractivity contribution is -0.112. The summed E-state index contributed by atoms with van der Waals surface area (Å²) in [4.78, 5) is 12.4. The van der Waals surface area contributed by atoms with Crippen LogP contribution in [0.25, 0.3) is 6.08 Å². The van der Waals surface area contributed by atoms with Crippen molar-refractivity contribution in [2.24, 2.45) is 0 Å². The summed E-state index contributed by atoms with van der Waals surface area (Å²) in [5.41, 5.74) is 2.28. The summed E-state index contributed by atoms with van der Waals surface area (Å²) in [6.07, 6.45) is 3.16. The zero-order chi connectivity index (χ0) is 17.4. The predicted octanol–water partition coefficient (Wildman–Crippen LogP) is 4.11. The van der Waals surface area contributed by atoms with Crippen LogP contribution in [0.4, 0.5) is 5.69 Å². The van der Waals surface area contributed by atoms with Crippen molar-refractivity contribution in [1.82, 2.24) is 0 Å². The van der Waals surface area contributed by atoms with Gasteiger partial charge in [-0.3, -0.25) is 4.79 Å². The number of aryl methyl sites for hydroxylation is 1. The Morgan fingerprint density at radius 2 is 1.96 bits per heavy atom. The third-order valence-corrected chi connectivity index (χ3v) is 3.33. The summed E-state index contributed by atoms with van der Waals surface area (Å²) in [6.45, 7) is 5.85. The van der Waals surface area contributed by atoms with Gasteiger partial charge in [0.1, 0.15) is 24.0 Å². The molecule has 0 bridgehead atoms. The third-order valence-electron chi connectivity index (χ3n) is 3.33. The summed E-state index contributed by atoms with van der Waals surface area (Å²) in [7, 11) is 0. The van der Waals surface area contributed by atoms with Crippen molar-refractivity contribution in [2.45, 2.75) is 6.92 Å². The van der Waals surface area contributed by atoms with Crippen LogP contribution in [0.2, 0.25) is 0 Å². The lowest BCUT2D eigenvalue weighted by Gasteiger charge is -2.09. The molecule has 1 N–H and O–H groups in total. The fourth-order valence-corrected chi connectivity index (χ4v) is 2.09. The van der Waals surface area contributed by atoms with Crippen molar-refractivity contribution in [3.63, 3.8) is 0 Å². The quantitative estimate of drug-likeness (QED) is 0.495. The highest BCUT2D eigenvalue weighted by Crippen LogP contribution is 2.22. The summed E-state index contributed by atoms with van der Waals surface area (Å²) in [6, 6.07) is 16.6. The molecule has 0 saturated heterocycles. The van der Waals surface area contributed by atoms with Crippen LogP contribution in [0.5, 0.6) is 5.75 Å². The van der Waals surface area contributed by atoms with E-state index >= 15 is 0 Å². The van der Waals surface area contributed by atoms with Crippen LogP contribution in [-0.4, -0.2) is 12.5 Å². The maximum absolute atomic E-state index is 12.4. The first kappa shape index (κ1) is 17.0. The standard InChI is InChI=1S/C20H18N2O2/c1-3-12-24-19-11-7-5-9-16(19)13-17(14-21)20(23)22-18-10-6-4-8-15(18)2/h3-11,13H,1,12H2,2H3,(H,22,23)/b17-13-. The van der Waals surface area contributed by atoms with Gasteiger partial charge in [0, 0.05) is 11.3 Å². The fraction of sp³-hybridized carbons (Fsp3) is 0.100. The monoisotopic (exact) mass is 318 g/mol. The van der Waals surface area contributed by atoms with E-state index in [1.165, 1.54) is 6.08 Å².